The molecule has 0 unspecified atom stereocenters. The summed E-state index contributed by atoms with van der Waals surface area (Å²) in [5.41, 5.74) is 7.16. The lowest BCUT2D eigenvalue weighted by molar-refractivity contribution is 0.449. The van der Waals surface area contributed by atoms with E-state index in [-0.39, 0.29) is 0 Å². The Morgan fingerprint density at radius 1 is 1.08 bits per heavy atom. The highest BCUT2D eigenvalue weighted by atomic mass is 32.2. The molecule has 0 radical (unpaired) electrons. The van der Waals surface area contributed by atoms with Crippen molar-refractivity contribution >= 4 is 17.4 Å². The maximum atomic E-state index is 6.42. The molecule has 140 valence electrons. The highest BCUT2D eigenvalue weighted by Gasteiger charge is 2.27. The van der Waals surface area contributed by atoms with E-state index in [2.05, 4.69) is 64.6 Å². The van der Waals surface area contributed by atoms with Gasteiger partial charge in [0.2, 0.25) is 5.88 Å². The van der Waals surface area contributed by atoms with E-state index in [9.17, 15) is 0 Å². The Balaban J connectivity index is 2.05. The van der Waals surface area contributed by atoms with Crippen LogP contribution in [0, 0.1) is 27.7 Å². The lowest BCUT2D eigenvalue weighted by Gasteiger charge is -2.37. The number of aryl methyl sites for hydroxylation is 4. The minimum absolute atomic E-state index is 0.569. The zero-order valence-corrected chi connectivity index (χ0v) is 17.7. The molecule has 1 aliphatic rings. The predicted molar refractivity (Wildman–Crippen MR) is 113 cm³/mol. The molecule has 3 rings (SSSR count). The summed E-state index contributed by atoms with van der Waals surface area (Å²) in [6.07, 6.45) is 2.31. The van der Waals surface area contributed by atoms with Crippen molar-refractivity contribution < 1.29 is 4.74 Å². The van der Waals surface area contributed by atoms with Crippen molar-refractivity contribution in [1.29, 1.82) is 0 Å². The summed E-state index contributed by atoms with van der Waals surface area (Å²) >= 11 is 1.95. The van der Waals surface area contributed by atoms with E-state index in [1.807, 2.05) is 11.8 Å². The molecule has 26 heavy (non-hydrogen) atoms. The molecule has 0 atom stereocenters. The second-order valence-corrected chi connectivity index (χ2v) is 8.27. The van der Waals surface area contributed by atoms with Gasteiger partial charge in [-0.05, 0) is 57.7 Å². The SMILES string of the molecule is CCC(CC)N1CSCc2c1cc(C)nc2Oc1c(C)cc(C)cc1C. The minimum Gasteiger partial charge on any atom is -0.438 e. The largest absolute Gasteiger partial charge is 0.438 e. The van der Waals surface area contributed by atoms with E-state index in [1.54, 1.807) is 0 Å². The second kappa shape index (κ2) is 7.91. The maximum absolute atomic E-state index is 6.42. The third-order valence-electron chi connectivity index (χ3n) is 5.16. The molecule has 0 amide bonds. The number of fused-ring (bicyclic) bond motifs is 1. The topological polar surface area (TPSA) is 25.4 Å². The molecule has 4 heteroatoms. The molecule has 1 aromatic carbocycles. The summed E-state index contributed by atoms with van der Waals surface area (Å²) in [5, 5.41) is 0. The maximum Gasteiger partial charge on any atom is 0.225 e. The number of hydrogen-bond acceptors (Lipinski definition) is 4. The second-order valence-electron chi connectivity index (χ2n) is 7.31. The Morgan fingerprint density at radius 2 is 1.73 bits per heavy atom. The molecule has 0 fully saturated rings. The normalized spacial score (nSPS) is 13.9. The van der Waals surface area contributed by atoms with Gasteiger partial charge in [-0.3, -0.25) is 0 Å². The number of hydrogen-bond donors (Lipinski definition) is 0. The molecule has 0 saturated carbocycles. The monoisotopic (exact) mass is 370 g/mol. The van der Waals surface area contributed by atoms with Crippen LogP contribution in [0.5, 0.6) is 11.6 Å². The highest BCUT2D eigenvalue weighted by Crippen LogP contribution is 2.41. The zero-order chi connectivity index (χ0) is 18.8. The van der Waals surface area contributed by atoms with Crippen LogP contribution >= 0.6 is 11.8 Å². The van der Waals surface area contributed by atoms with E-state index < -0.39 is 0 Å². The van der Waals surface area contributed by atoms with Gasteiger partial charge in [0.1, 0.15) is 5.75 Å². The first-order chi connectivity index (χ1) is 12.4. The number of thioether (sulfide) groups is 1. The number of pyridine rings is 1. The molecule has 0 spiro atoms. The summed E-state index contributed by atoms with van der Waals surface area (Å²) in [7, 11) is 0. The van der Waals surface area contributed by atoms with Gasteiger partial charge in [0.15, 0.2) is 0 Å². The van der Waals surface area contributed by atoms with Crippen LogP contribution in [0.3, 0.4) is 0 Å². The van der Waals surface area contributed by atoms with Gasteiger partial charge < -0.3 is 9.64 Å². The molecular formula is C22H30N2OS. The van der Waals surface area contributed by atoms with Crippen LogP contribution < -0.4 is 9.64 Å². The molecule has 2 aromatic rings. The number of anilines is 1. The van der Waals surface area contributed by atoms with Gasteiger partial charge in [0.05, 0.1) is 5.88 Å². The number of ether oxygens (including phenoxy) is 1. The Morgan fingerprint density at radius 3 is 2.35 bits per heavy atom. The summed E-state index contributed by atoms with van der Waals surface area (Å²) in [6.45, 7) is 13.0. The van der Waals surface area contributed by atoms with Crippen LogP contribution in [0.25, 0.3) is 0 Å². The van der Waals surface area contributed by atoms with Gasteiger partial charge in [-0.25, -0.2) is 4.98 Å². The standard InChI is InChI=1S/C22H30N2OS/c1-7-18(8-2)24-13-26-12-19-20(24)11-17(6)23-22(19)25-21-15(4)9-14(3)10-16(21)5/h9-11,18H,7-8,12-13H2,1-6H3. The molecule has 1 aromatic heterocycles. The van der Waals surface area contributed by atoms with Crippen molar-refractivity contribution in [3.05, 3.63) is 46.1 Å². The number of aromatic nitrogens is 1. The first-order valence-electron chi connectivity index (χ1n) is 9.55. The van der Waals surface area contributed by atoms with Crippen molar-refractivity contribution in [2.24, 2.45) is 0 Å². The minimum atomic E-state index is 0.569. The van der Waals surface area contributed by atoms with E-state index >= 15 is 0 Å². The Hall–Kier alpha value is -1.68. The predicted octanol–water partition coefficient (Wildman–Crippen LogP) is 6.31. The third-order valence-corrected chi connectivity index (χ3v) is 6.12. The van der Waals surface area contributed by atoms with Crippen molar-refractivity contribution in [2.45, 2.75) is 66.2 Å². The average Bonchev–Trinajstić information content (AvgIpc) is 2.59. The lowest BCUT2D eigenvalue weighted by Crippen LogP contribution is -2.37. The van der Waals surface area contributed by atoms with E-state index in [1.165, 1.54) is 27.9 Å². The quantitative estimate of drug-likeness (QED) is 0.616. The number of rotatable bonds is 5. The lowest BCUT2D eigenvalue weighted by atomic mass is 10.1. The van der Waals surface area contributed by atoms with E-state index in [0.717, 1.165) is 41.8 Å². The fourth-order valence-corrected chi connectivity index (χ4v) is 5.02. The van der Waals surface area contributed by atoms with Gasteiger partial charge >= 0.3 is 0 Å². The van der Waals surface area contributed by atoms with Crippen molar-refractivity contribution in [1.82, 2.24) is 4.98 Å². The molecule has 1 aliphatic heterocycles. The molecule has 0 saturated heterocycles. The Bertz CT molecular complexity index is 776. The number of nitrogens with zero attached hydrogens (tertiary/aromatic N) is 2. The van der Waals surface area contributed by atoms with Crippen LogP contribution in [0.1, 0.15) is 54.6 Å². The number of benzene rings is 1. The fourth-order valence-electron chi connectivity index (χ4n) is 3.90. The molecule has 0 aliphatic carbocycles. The summed E-state index contributed by atoms with van der Waals surface area (Å²) < 4.78 is 6.42. The third kappa shape index (κ3) is 3.71. The van der Waals surface area contributed by atoms with E-state index in [0.29, 0.717) is 6.04 Å². The smallest absolute Gasteiger partial charge is 0.225 e. The van der Waals surface area contributed by atoms with Crippen LogP contribution in [-0.4, -0.2) is 16.9 Å². The first-order valence-corrected chi connectivity index (χ1v) is 10.7. The zero-order valence-electron chi connectivity index (χ0n) is 16.8. The van der Waals surface area contributed by atoms with Gasteiger partial charge in [-0.15, -0.1) is 11.8 Å². The van der Waals surface area contributed by atoms with Crippen LogP contribution in [-0.2, 0) is 5.75 Å². The van der Waals surface area contributed by atoms with Crippen molar-refractivity contribution in [2.75, 3.05) is 10.8 Å². The van der Waals surface area contributed by atoms with Gasteiger partial charge in [0.25, 0.3) is 0 Å². The molecule has 2 heterocycles. The van der Waals surface area contributed by atoms with Gasteiger partial charge in [-0.2, -0.15) is 0 Å². The van der Waals surface area contributed by atoms with Crippen LogP contribution in [0.4, 0.5) is 5.69 Å². The summed E-state index contributed by atoms with van der Waals surface area (Å²) in [4.78, 5) is 7.31. The van der Waals surface area contributed by atoms with Gasteiger partial charge in [-0.1, -0.05) is 31.5 Å². The molecule has 3 nitrogen and oxygen atoms in total. The highest BCUT2D eigenvalue weighted by molar-refractivity contribution is 7.98. The summed E-state index contributed by atoms with van der Waals surface area (Å²) in [5.74, 6) is 3.72. The molecule has 0 N–H and O–H groups in total. The Kier molecular flexibility index (Phi) is 5.81. The first kappa shape index (κ1) is 19.1. The van der Waals surface area contributed by atoms with Crippen molar-refractivity contribution in [3.8, 4) is 11.6 Å². The molecular weight excluding hydrogens is 340 g/mol. The van der Waals surface area contributed by atoms with Gasteiger partial charge in [0, 0.05) is 28.7 Å². The summed E-state index contributed by atoms with van der Waals surface area (Å²) in [6, 6.07) is 7.15. The molecule has 0 bridgehead atoms. The van der Waals surface area contributed by atoms with Crippen LogP contribution in [0.2, 0.25) is 0 Å². The van der Waals surface area contributed by atoms with Crippen molar-refractivity contribution in [3.63, 3.8) is 0 Å². The van der Waals surface area contributed by atoms with E-state index in [4.69, 9.17) is 9.72 Å². The fraction of sp³-hybridized carbons (Fsp3) is 0.500. The average molecular weight is 371 g/mol. The van der Waals surface area contributed by atoms with Crippen LogP contribution in [0.15, 0.2) is 18.2 Å². The Labute approximate surface area is 162 Å².